The molecule has 4 heteroatoms. The van der Waals surface area contributed by atoms with Crippen molar-refractivity contribution in [2.45, 2.75) is 13.0 Å². The lowest BCUT2D eigenvalue weighted by Gasteiger charge is -2.16. The van der Waals surface area contributed by atoms with Crippen LogP contribution in [0.4, 0.5) is 10.1 Å². The van der Waals surface area contributed by atoms with Crippen molar-refractivity contribution in [2.24, 2.45) is 0 Å². The second kappa shape index (κ2) is 5.72. The van der Waals surface area contributed by atoms with E-state index >= 15 is 0 Å². The molecule has 18 heavy (non-hydrogen) atoms. The number of hydrogen-bond donors (Lipinski definition) is 1. The summed E-state index contributed by atoms with van der Waals surface area (Å²) in [5.41, 5.74) is 1.84. The van der Waals surface area contributed by atoms with Gasteiger partial charge in [-0.25, -0.2) is 4.39 Å². The fraction of sp³-hybridized carbons (Fsp3) is 0.143. The third-order valence-corrected chi connectivity index (χ3v) is 3.45. The summed E-state index contributed by atoms with van der Waals surface area (Å²) in [6.45, 7) is 1.98. The Morgan fingerprint density at radius 1 is 1.22 bits per heavy atom. The van der Waals surface area contributed by atoms with Gasteiger partial charge in [-0.3, -0.25) is 0 Å². The number of halogens is 3. The molecular formula is C14H12BrClFN. The van der Waals surface area contributed by atoms with Gasteiger partial charge in [-0.05, 0) is 42.8 Å². The summed E-state index contributed by atoms with van der Waals surface area (Å²) < 4.78 is 14.4. The predicted octanol–water partition coefficient (Wildman–Crippen LogP) is 5.41. The number of hydrogen-bond acceptors (Lipinski definition) is 1. The zero-order chi connectivity index (χ0) is 13.1. The van der Waals surface area contributed by atoms with Gasteiger partial charge in [0.25, 0.3) is 0 Å². The highest BCUT2D eigenvalue weighted by molar-refractivity contribution is 9.10. The van der Waals surface area contributed by atoms with Crippen LogP contribution in [0.5, 0.6) is 0 Å². The van der Waals surface area contributed by atoms with E-state index in [-0.39, 0.29) is 11.1 Å². The van der Waals surface area contributed by atoms with E-state index in [4.69, 9.17) is 11.6 Å². The fourth-order valence-corrected chi connectivity index (χ4v) is 2.21. The molecule has 1 unspecified atom stereocenters. The van der Waals surface area contributed by atoms with Gasteiger partial charge in [-0.1, -0.05) is 39.7 Å². The molecule has 1 atom stereocenters. The van der Waals surface area contributed by atoms with Crippen LogP contribution in [0, 0.1) is 5.82 Å². The van der Waals surface area contributed by atoms with Crippen LogP contribution in [0.3, 0.4) is 0 Å². The molecule has 0 aliphatic carbocycles. The molecule has 0 spiro atoms. The highest BCUT2D eigenvalue weighted by Gasteiger charge is 2.08. The van der Waals surface area contributed by atoms with Crippen LogP contribution in [0.25, 0.3) is 0 Å². The predicted molar refractivity (Wildman–Crippen MR) is 77.6 cm³/mol. The van der Waals surface area contributed by atoms with Gasteiger partial charge in [0.2, 0.25) is 0 Å². The van der Waals surface area contributed by atoms with E-state index in [2.05, 4.69) is 21.2 Å². The minimum Gasteiger partial charge on any atom is -0.378 e. The normalized spacial score (nSPS) is 12.2. The van der Waals surface area contributed by atoms with Crippen molar-refractivity contribution in [1.82, 2.24) is 0 Å². The summed E-state index contributed by atoms with van der Waals surface area (Å²) in [5, 5.41) is 3.45. The lowest BCUT2D eigenvalue weighted by Crippen LogP contribution is -2.06. The summed E-state index contributed by atoms with van der Waals surface area (Å²) in [4.78, 5) is 0. The van der Waals surface area contributed by atoms with Crippen molar-refractivity contribution in [1.29, 1.82) is 0 Å². The average Bonchev–Trinajstić information content (AvgIpc) is 2.32. The third kappa shape index (κ3) is 3.24. The van der Waals surface area contributed by atoms with Gasteiger partial charge >= 0.3 is 0 Å². The maximum absolute atomic E-state index is 13.4. The van der Waals surface area contributed by atoms with Gasteiger partial charge in [0.05, 0.1) is 5.02 Å². The Kier molecular flexibility index (Phi) is 4.25. The van der Waals surface area contributed by atoms with E-state index in [1.165, 1.54) is 6.07 Å². The Bertz CT molecular complexity index is 559. The maximum Gasteiger partial charge on any atom is 0.142 e. The SMILES string of the molecule is CC(Nc1cccc(Br)c1)c1ccc(Cl)c(F)c1. The lowest BCUT2D eigenvalue weighted by atomic mass is 10.1. The monoisotopic (exact) mass is 327 g/mol. The van der Waals surface area contributed by atoms with Gasteiger partial charge in [0, 0.05) is 16.2 Å². The first-order chi connectivity index (χ1) is 8.56. The molecule has 0 saturated heterocycles. The molecule has 0 amide bonds. The van der Waals surface area contributed by atoms with E-state index in [9.17, 15) is 4.39 Å². The molecule has 0 bridgehead atoms. The van der Waals surface area contributed by atoms with Crippen LogP contribution in [-0.2, 0) is 0 Å². The van der Waals surface area contributed by atoms with Crippen molar-refractivity contribution in [3.05, 3.63) is 63.3 Å². The second-order valence-electron chi connectivity index (χ2n) is 4.05. The molecule has 2 aromatic rings. The largest absolute Gasteiger partial charge is 0.378 e. The Balaban J connectivity index is 2.16. The third-order valence-electron chi connectivity index (χ3n) is 2.65. The molecule has 0 aliphatic heterocycles. The average molecular weight is 329 g/mol. The van der Waals surface area contributed by atoms with Crippen LogP contribution in [0.1, 0.15) is 18.5 Å². The molecule has 0 aliphatic rings. The summed E-state index contributed by atoms with van der Waals surface area (Å²) in [7, 11) is 0. The van der Waals surface area contributed by atoms with E-state index in [1.54, 1.807) is 6.07 Å². The van der Waals surface area contributed by atoms with E-state index in [0.717, 1.165) is 15.7 Å². The van der Waals surface area contributed by atoms with Crippen LogP contribution >= 0.6 is 27.5 Å². The van der Waals surface area contributed by atoms with Crippen molar-refractivity contribution in [2.75, 3.05) is 5.32 Å². The van der Waals surface area contributed by atoms with Crippen molar-refractivity contribution in [3.8, 4) is 0 Å². The van der Waals surface area contributed by atoms with Gasteiger partial charge in [-0.2, -0.15) is 0 Å². The molecule has 0 saturated carbocycles. The Labute approximate surface area is 119 Å². The van der Waals surface area contributed by atoms with Crippen LogP contribution < -0.4 is 5.32 Å². The van der Waals surface area contributed by atoms with Crippen LogP contribution in [-0.4, -0.2) is 0 Å². The van der Waals surface area contributed by atoms with Crippen LogP contribution in [0.15, 0.2) is 46.9 Å². The summed E-state index contributed by atoms with van der Waals surface area (Å²) in [6.07, 6.45) is 0. The fourth-order valence-electron chi connectivity index (χ4n) is 1.69. The zero-order valence-electron chi connectivity index (χ0n) is 9.75. The Morgan fingerprint density at radius 3 is 2.67 bits per heavy atom. The highest BCUT2D eigenvalue weighted by Crippen LogP contribution is 2.24. The molecule has 2 aromatic carbocycles. The number of anilines is 1. The quantitative estimate of drug-likeness (QED) is 0.794. The van der Waals surface area contributed by atoms with E-state index < -0.39 is 5.82 Å². The molecule has 0 aromatic heterocycles. The summed E-state index contributed by atoms with van der Waals surface area (Å²) in [5.74, 6) is -0.392. The summed E-state index contributed by atoms with van der Waals surface area (Å²) in [6, 6.07) is 12.7. The molecule has 1 nitrogen and oxygen atoms in total. The minimum absolute atomic E-state index is 0.00562. The topological polar surface area (TPSA) is 12.0 Å². The second-order valence-corrected chi connectivity index (χ2v) is 5.37. The summed E-state index contributed by atoms with van der Waals surface area (Å²) >= 11 is 9.08. The Morgan fingerprint density at radius 2 is 2.00 bits per heavy atom. The Hall–Kier alpha value is -1.06. The molecular weight excluding hydrogens is 317 g/mol. The van der Waals surface area contributed by atoms with Crippen LogP contribution in [0.2, 0.25) is 5.02 Å². The van der Waals surface area contributed by atoms with Gasteiger partial charge in [0.15, 0.2) is 0 Å². The molecule has 0 heterocycles. The molecule has 2 rings (SSSR count). The first-order valence-electron chi connectivity index (χ1n) is 5.53. The first kappa shape index (κ1) is 13.4. The zero-order valence-corrected chi connectivity index (χ0v) is 12.1. The van der Waals surface area contributed by atoms with E-state index in [1.807, 2.05) is 37.3 Å². The maximum atomic E-state index is 13.4. The number of rotatable bonds is 3. The van der Waals surface area contributed by atoms with Crippen molar-refractivity contribution >= 4 is 33.2 Å². The van der Waals surface area contributed by atoms with E-state index in [0.29, 0.717) is 0 Å². The lowest BCUT2D eigenvalue weighted by molar-refractivity contribution is 0.624. The minimum atomic E-state index is -0.392. The van der Waals surface area contributed by atoms with Crippen molar-refractivity contribution < 1.29 is 4.39 Å². The highest BCUT2D eigenvalue weighted by atomic mass is 79.9. The molecule has 0 fully saturated rings. The van der Waals surface area contributed by atoms with Gasteiger partial charge < -0.3 is 5.32 Å². The van der Waals surface area contributed by atoms with Crippen molar-refractivity contribution in [3.63, 3.8) is 0 Å². The first-order valence-corrected chi connectivity index (χ1v) is 6.70. The van der Waals surface area contributed by atoms with Gasteiger partial charge in [-0.15, -0.1) is 0 Å². The standard InChI is InChI=1S/C14H12BrClFN/c1-9(10-5-6-13(16)14(17)7-10)18-12-4-2-3-11(15)8-12/h2-9,18H,1H3. The molecule has 0 radical (unpaired) electrons. The number of benzene rings is 2. The molecule has 94 valence electrons. The van der Waals surface area contributed by atoms with Gasteiger partial charge in [0.1, 0.15) is 5.82 Å². The molecule has 1 N–H and O–H groups in total. The smallest absolute Gasteiger partial charge is 0.142 e. The number of nitrogens with one attached hydrogen (secondary N) is 1.